The summed E-state index contributed by atoms with van der Waals surface area (Å²) >= 11 is 1.74. The fourth-order valence-corrected chi connectivity index (χ4v) is 11.0. The summed E-state index contributed by atoms with van der Waals surface area (Å²) in [5, 5.41) is 22.1. The maximum absolute atomic E-state index is 10.1. The standard InChI is InChI=1S/C52H28N4S/c53-29-31-18-20-33(21-19-31)38-26-32(30-54)27-47-49(38)50-46(57-47)25-24-43-48(50)37-13-5-7-15-41(37)52(43)40-14-6-4-12-36(40)39-28-34(22-23-42(39)52)51-55-44-16-8-9-17-45(44)56(51)35-10-2-1-3-11-35/h1-28H. The second kappa shape index (κ2) is 11.7. The third-order valence-corrected chi connectivity index (χ3v) is 13.2. The lowest BCUT2D eigenvalue weighted by atomic mass is 9.70. The van der Waals surface area contributed by atoms with Crippen molar-refractivity contribution >= 4 is 42.5 Å². The van der Waals surface area contributed by atoms with E-state index in [2.05, 4.69) is 150 Å². The lowest BCUT2D eigenvalue weighted by Crippen LogP contribution is -2.25. The first-order valence-electron chi connectivity index (χ1n) is 19.0. The minimum absolute atomic E-state index is 0.542. The lowest BCUT2D eigenvalue weighted by molar-refractivity contribution is 0.794. The molecule has 2 aliphatic carbocycles. The summed E-state index contributed by atoms with van der Waals surface area (Å²) in [5.41, 5.74) is 16.8. The Kier molecular flexibility index (Phi) is 6.53. The van der Waals surface area contributed by atoms with E-state index in [-0.39, 0.29) is 0 Å². The van der Waals surface area contributed by atoms with Crippen molar-refractivity contribution in [2.45, 2.75) is 5.41 Å². The highest BCUT2D eigenvalue weighted by Crippen LogP contribution is 2.65. The molecule has 2 heterocycles. The molecule has 4 nitrogen and oxygen atoms in total. The number of para-hydroxylation sites is 3. The van der Waals surface area contributed by atoms with Gasteiger partial charge in [-0.05, 0) is 116 Å². The number of benzene rings is 8. The van der Waals surface area contributed by atoms with Gasteiger partial charge < -0.3 is 0 Å². The van der Waals surface area contributed by atoms with Gasteiger partial charge in [0.1, 0.15) is 5.82 Å². The Balaban J connectivity index is 1.16. The molecule has 2 aromatic heterocycles. The Morgan fingerprint density at radius 3 is 1.96 bits per heavy atom. The molecule has 0 fully saturated rings. The molecule has 1 atom stereocenters. The fraction of sp³-hybridized carbons (Fsp3) is 0.0192. The van der Waals surface area contributed by atoms with Gasteiger partial charge in [0.2, 0.25) is 0 Å². The van der Waals surface area contributed by atoms with Gasteiger partial charge in [0.25, 0.3) is 0 Å². The zero-order valence-electron chi connectivity index (χ0n) is 30.4. The molecule has 57 heavy (non-hydrogen) atoms. The van der Waals surface area contributed by atoms with Crippen LogP contribution >= 0.6 is 11.3 Å². The van der Waals surface area contributed by atoms with E-state index in [4.69, 9.17) is 4.98 Å². The molecular formula is C52H28N4S. The van der Waals surface area contributed by atoms with E-state index in [1.165, 1.54) is 54.6 Å². The average molecular weight is 741 g/mol. The third-order valence-electron chi connectivity index (χ3n) is 12.1. The average Bonchev–Trinajstić information content (AvgIpc) is 4.01. The topological polar surface area (TPSA) is 65.4 Å². The van der Waals surface area contributed by atoms with Crippen molar-refractivity contribution in [3.05, 3.63) is 203 Å². The highest BCUT2D eigenvalue weighted by Gasteiger charge is 2.52. The van der Waals surface area contributed by atoms with Crippen molar-refractivity contribution < 1.29 is 0 Å². The van der Waals surface area contributed by atoms with Crippen LogP contribution in [0.5, 0.6) is 0 Å². The summed E-state index contributed by atoms with van der Waals surface area (Å²) in [6.45, 7) is 0. The van der Waals surface area contributed by atoms with Crippen LogP contribution in [0.4, 0.5) is 0 Å². The first-order chi connectivity index (χ1) is 28.2. The van der Waals surface area contributed by atoms with Crippen LogP contribution in [0.2, 0.25) is 0 Å². The smallest absolute Gasteiger partial charge is 0.145 e. The number of fused-ring (bicyclic) bond motifs is 15. The number of hydrogen-bond acceptors (Lipinski definition) is 4. The molecule has 1 spiro atoms. The highest BCUT2D eigenvalue weighted by atomic mass is 32.1. The Bertz CT molecular complexity index is 3430. The minimum atomic E-state index is -0.542. The highest BCUT2D eigenvalue weighted by molar-refractivity contribution is 7.26. The van der Waals surface area contributed by atoms with Crippen LogP contribution in [0.3, 0.4) is 0 Å². The van der Waals surface area contributed by atoms with E-state index in [1.54, 1.807) is 11.3 Å². The Morgan fingerprint density at radius 2 is 1.16 bits per heavy atom. The Hall–Kier alpha value is -7.57. The van der Waals surface area contributed by atoms with Crippen LogP contribution in [-0.4, -0.2) is 9.55 Å². The van der Waals surface area contributed by atoms with Gasteiger partial charge in [0.05, 0.1) is 39.7 Å². The van der Waals surface area contributed by atoms with Crippen molar-refractivity contribution in [1.82, 2.24) is 9.55 Å². The summed E-state index contributed by atoms with van der Waals surface area (Å²) < 4.78 is 4.53. The quantitative estimate of drug-likeness (QED) is 0.181. The first-order valence-corrected chi connectivity index (χ1v) is 19.8. The van der Waals surface area contributed by atoms with E-state index in [1.807, 2.05) is 36.4 Å². The summed E-state index contributed by atoms with van der Waals surface area (Å²) in [6, 6.07) is 64.8. The van der Waals surface area contributed by atoms with Crippen LogP contribution in [0, 0.1) is 22.7 Å². The van der Waals surface area contributed by atoms with Crippen LogP contribution in [-0.2, 0) is 5.41 Å². The van der Waals surface area contributed by atoms with E-state index in [9.17, 15) is 10.5 Å². The number of aromatic nitrogens is 2. The molecule has 0 N–H and O–H groups in total. The molecule has 1 unspecified atom stereocenters. The largest absolute Gasteiger partial charge is 0.292 e. The normalized spacial score (nSPS) is 14.7. The van der Waals surface area contributed by atoms with Crippen molar-refractivity contribution in [3.8, 4) is 62.6 Å². The zero-order chi connectivity index (χ0) is 37.8. The fourth-order valence-electron chi connectivity index (χ4n) is 9.83. The molecule has 0 amide bonds. The number of nitriles is 2. The third kappa shape index (κ3) is 4.21. The molecule has 2 aliphatic rings. The Labute approximate surface area is 332 Å². The monoisotopic (exact) mass is 740 g/mol. The second-order valence-corrected chi connectivity index (χ2v) is 15.9. The van der Waals surface area contributed by atoms with Crippen molar-refractivity contribution in [3.63, 3.8) is 0 Å². The first kappa shape index (κ1) is 31.7. The van der Waals surface area contributed by atoms with E-state index in [0.717, 1.165) is 49.3 Å². The van der Waals surface area contributed by atoms with Gasteiger partial charge in [-0.1, -0.05) is 109 Å². The SMILES string of the molecule is N#Cc1ccc(-c2cc(C#N)cc3sc4ccc5c(c4c23)-c2ccccc2C52c3ccccc3-c3cc(-c4nc5ccccc5n4-c4ccccc4)ccc32)cc1. The van der Waals surface area contributed by atoms with Crippen molar-refractivity contribution in [2.24, 2.45) is 0 Å². The minimum Gasteiger partial charge on any atom is -0.292 e. The summed E-state index contributed by atoms with van der Waals surface area (Å²) in [4.78, 5) is 5.24. The molecule has 0 bridgehead atoms. The van der Waals surface area contributed by atoms with Crippen LogP contribution in [0.25, 0.3) is 81.7 Å². The number of rotatable bonds is 3. The van der Waals surface area contributed by atoms with Crippen molar-refractivity contribution in [2.75, 3.05) is 0 Å². The predicted molar refractivity (Wildman–Crippen MR) is 231 cm³/mol. The number of thiophene rings is 1. The van der Waals surface area contributed by atoms with E-state index in [0.29, 0.717) is 11.1 Å². The van der Waals surface area contributed by atoms with E-state index >= 15 is 0 Å². The summed E-state index contributed by atoms with van der Waals surface area (Å²) in [7, 11) is 0. The number of nitrogens with zero attached hydrogens (tertiary/aromatic N) is 4. The summed E-state index contributed by atoms with van der Waals surface area (Å²) in [5.74, 6) is 0.911. The van der Waals surface area contributed by atoms with Gasteiger partial charge in [-0.3, -0.25) is 4.57 Å². The molecule has 0 saturated heterocycles. The van der Waals surface area contributed by atoms with Gasteiger partial charge in [-0.15, -0.1) is 11.3 Å². The van der Waals surface area contributed by atoms with Crippen molar-refractivity contribution in [1.29, 1.82) is 10.5 Å². The molecule has 262 valence electrons. The van der Waals surface area contributed by atoms with Gasteiger partial charge >= 0.3 is 0 Å². The van der Waals surface area contributed by atoms with E-state index < -0.39 is 5.41 Å². The van der Waals surface area contributed by atoms with Crippen LogP contribution < -0.4 is 0 Å². The molecule has 0 saturated carbocycles. The van der Waals surface area contributed by atoms with Gasteiger partial charge in [0.15, 0.2) is 0 Å². The maximum atomic E-state index is 10.1. The number of hydrogen-bond donors (Lipinski definition) is 0. The molecule has 0 radical (unpaired) electrons. The van der Waals surface area contributed by atoms with Gasteiger partial charge in [-0.25, -0.2) is 4.98 Å². The van der Waals surface area contributed by atoms with Crippen LogP contribution in [0.15, 0.2) is 170 Å². The Morgan fingerprint density at radius 1 is 0.491 bits per heavy atom. The molecule has 12 rings (SSSR count). The van der Waals surface area contributed by atoms with Crippen LogP contribution in [0.1, 0.15) is 33.4 Å². The second-order valence-electron chi connectivity index (χ2n) is 14.9. The van der Waals surface area contributed by atoms with Gasteiger partial charge in [-0.2, -0.15) is 10.5 Å². The zero-order valence-corrected chi connectivity index (χ0v) is 31.2. The molecule has 10 aromatic rings. The predicted octanol–water partition coefficient (Wildman–Crippen LogP) is 12.8. The lowest BCUT2D eigenvalue weighted by Gasteiger charge is -2.30. The molecular weight excluding hydrogens is 713 g/mol. The van der Waals surface area contributed by atoms with Gasteiger partial charge in [0, 0.05) is 31.4 Å². The molecule has 8 aromatic carbocycles. The summed E-state index contributed by atoms with van der Waals surface area (Å²) in [6.07, 6.45) is 0. The molecule has 0 aliphatic heterocycles. The molecule has 5 heteroatoms. The number of imidazole rings is 1. The maximum Gasteiger partial charge on any atom is 0.145 e.